The van der Waals surface area contributed by atoms with E-state index in [-0.39, 0.29) is 0 Å². The molecule has 1 rings (SSSR count). The summed E-state index contributed by atoms with van der Waals surface area (Å²) in [5, 5.41) is 3.10. The van der Waals surface area contributed by atoms with Gasteiger partial charge in [0.15, 0.2) is 0 Å². The first-order valence-electron chi connectivity index (χ1n) is 2.50. The average Bonchev–Trinajstić information content (AvgIpc) is 2.14. The van der Waals surface area contributed by atoms with Crippen LogP contribution in [0.2, 0.25) is 0 Å². The van der Waals surface area contributed by atoms with Gasteiger partial charge >= 0.3 is 12.4 Å². The molecular formula is C4H9N4+. The molecule has 1 aliphatic heterocycles. The van der Waals surface area contributed by atoms with E-state index in [0.29, 0.717) is 0 Å². The molecule has 0 atom stereocenters. The number of hydrogen-bond donors (Lipinski definition) is 2. The molecule has 1 heterocycles. The van der Waals surface area contributed by atoms with Gasteiger partial charge in [-0.05, 0) is 6.92 Å². The van der Waals surface area contributed by atoms with Crippen LogP contribution in [0.15, 0.2) is 6.20 Å². The fraction of sp³-hybridized carbons (Fsp3) is 0.500. The Labute approximate surface area is 48.5 Å². The third-order valence-electron chi connectivity index (χ3n) is 0.905. The quantitative estimate of drug-likeness (QED) is 0.345. The minimum absolute atomic E-state index is 0.865. The monoisotopic (exact) mass is 113 g/mol. The largest absolute Gasteiger partial charge is 0.411 e. The fourth-order valence-corrected chi connectivity index (χ4v) is 0.491. The van der Waals surface area contributed by atoms with Gasteiger partial charge in [-0.2, -0.15) is 5.12 Å². The number of hydrazine groups is 3. The molecule has 4 nitrogen and oxygen atoms in total. The van der Waals surface area contributed by atoms with E-state index in [9.17, 15) is 0 Å². The summed E-state index contributed by atoms with van der Waals surface area (Å²) in [4.78, 5) is 0. The zero-order valence-electron chi connectivity index (χ0n) is 4.76. The van der Waals surface area contributed by atoms with E-state index in [0.717, 1.165) is 6.54 Å². The van der Waals surface area contributed by atoms with Gasteiger partial charge in [0, 0.05) is 0 Å². The second-order valence-corrected chi connectivity index (χ2v) is 1.51. The molecule has 3 N–H and O–H groups in total. The van der Waals surface area contributed by atoms with Gasteiger partial charge in [0.2, 0.25) is 0 Å². The number of nitrogens with zero attached hydrogens (tertiary/aromatic N) is 2. The number of hydrogen-bond acceptors (Lipinski definition) is 4. The zero-order valence-corrected chi connectivity index (χ0v) is 4.76. The summed E-state index contributed by atoms with van der Waals surface area (Å²) in [7, 11) is 0. The van der Waals surface area contributed by atoms with Gasteiger partial charge in [0.05, 0.1) is 6.54 Å². The van der Waals surface area contributed by atoms with Crippen molar-refractivity contribution in [2.45, 2.75) is 6.92 Å². The van der Waals surface area contributed by atoms with Crippen LogP contribution in [-0.2, 0) is 0 Å². The molecule has 0 spiro atoms. The third kappa shape index (κ3) is 0.869. The molecule has 1 aliphatic rings. The van der Waals surface area contributed by atoms with Gasteiger partial charge in [0.25, 0.3) is 0 Å². The maximum absolute atomic E-state index is 5.26. The molecule has 8 heavy (non-hydrogen) atoms. The lowest BCUT2D eigenvalue weighted by molar-refractivity contribution is 0.139. The predicted molar refractivity (Wildman–Crippen MR) is 29.4 cm³/mol. The topological polar surface area (TPSA) is 44.5 Å². The molecule has 0 saturated carbocycles. The highest BCUT2D eigenvalue weighted by Gasteiger charge is 2.19. The molecular weight excluding hydrogens is 104 g/mol. The van der Waals surface area contributed by atoms with Crippen molar-refractivity contribution in [1.29, 1.82) is 0 Å². The van der Waals surface area contributed by atoms with Crippen LogP contribution < -0.4 is 11.4 Å². The summed E-state index contributed by atoms with van der Waals surface area (Å²) in [5.74, 6) is 5.26. The summed E-state index contributed by atoms with van der Waals surface area (Å²) >= 11 is 0. The summed E-state index contributed by atoms with van der Waals surface area (Å²) in [6.45, 7) is 2.87. The highest BCUT2D eigenvalue weighted by Crippen LogP contribution is 1.90. The van der Waals surface area contributed by atoms with E-state index in [4.69, 9.17) is 5.84 Å². The molecule has 0 aromatic rings. The summed E-state index contributed by atoms with van der Waals surface area (Å²) in [6, 6.07) is 0. The van der Waals surface area contributed by atoms with Gasteiger partial charge < -0.3 is 0 Å². The first-order chi connectivity index (χ1) is 3.83. The Balaban J connectivity index is 2.34. The van der Waals surface area contributed by atoms with E-state index in [1.165, 1.54) is 5.12 Å². The van der Waals surface area contributed by atoms with E-state index < -0.39 is 0 Å². The lowest BCUT2D eigenvalue weighted by Crippen LogP contribution is -2.42. The minimum Gasteiger partial charge on any atom is -0.227 e. The van der Waals surface area contributed by atoms with E-state index in [1.807, 2.05) is 6.92 Å². The molecule has 0 bridgehead atoms. The Morgan fingerprint density at radius 2 is 2.62 bits per heavy atom. The van der Waals surface area contributed by atoms with Crippen molar-refractivity contribution in [1.82, 2.24) is 15.7 Å². The smallest absolute Gasteiger partial charge is 0.227 e. The lowest BCUT2D eigenvalue weighted by Gasteiger charge is -2.05. The molecule has 0 unspecified atom stereocenters. The van der Waals surface area contributed by atoms with Crippen LogP contribution >= 0.6 is 0 Å². The van der Waals surface area contributed by atoms with Gasteiger partial charge in [-0.15, -0.1) is 0 Å². The van der Waals surface area contributed by atoms with Crippen molar-refractivity contribution in [3.8, 4) is 0 Å². The number of rotatable bonds is 1. The van der Waals surface area contributed by atoms with Gasteiger partial charge in [0.1, 0.15) is 0 Å². The second-order valence-electron chi connectivity index (χ2n) is 1.51. The van der Waals surface area contributed by atoms with Crippen LogP contribution in [0.4, 0.5) is 0 Å². The van der Waals surface area contributed by atoms with Gasteiger partial charge in [-0.3, -0.25) is 0 Å². The molecule has 0 aromatic carbocycles. The van der Waals surface area contributed by atoms with Crippen molar-refractivity contribution in [3.63, 3.8) is 0 Å². The van der Waals surface area contributed by atoms with Crippen molar-refractivity contribution < 1.29 is 0 Å². The van der Waals surface area contributed by atoms with Crippen LogP contribution in [0.5, 0.6) is 0 Å². The normalized spacial score (nSPS) is 17.2. The van der Waals surface area contributed by atoms with Gasteiger partial charge in [-0.25, -0.2) is 5.84 Å². The van der Waals surface area contributed by atoms with E-state index in [2.05, 4.69) is 11.7 Å². The predicted octanol–water partition coefficient (Wildman–Crippen LogP) is -0.808. The van der Waals surface area contributed by atoms with Crippen molar-refractivity contribution >= 4 is 0 Å². The molecule has 44 valence electrons. The van der Waals surface area contributed by atoms with Crippen molar-refractivity contribution in [2.75, 3.05) is 6.54 Å². The SMILES string of the molecule is CCN1[C+]=CN(N)N1. The van der Waals surface area contributed by atoms with Gasteiger partial charge in [-0.1, -0.05) is 10.5 Å². The summed E-state index contributed by atoms with van der Waals surface area (Å²) in [6.07, 6.45) is 4.48. The van der Waals surface area contributed by atoms with Crippen molar-refractivity contribution in [2.24, 2.45) is 5.84 Å². The Hall–Kier alpha value is -0.830. The Morgan fingerprint density at radius 3 is 2.88 bits per heavy atom. The highest BCUT2D eigenvalue weighted by molar-refractivity contribution is 4.73. The Kier molecular flexibility index (Phi) is 1.30. The third-order valence-corrected chi connectivity index (χ3v) is 0.905. The van der Waals surface area contributed by atoms with Crippen LogP contribution in [0, 0.1) is 6.20 Å². The molecule has 0 radical (unpaired) electrons. The first-order valence-corrected chi connectivity index (χ1v) is 2.50. The van der Waals surface area contributed by atoms with E-state index in [1.54, 1.807) is 11.2 Å². The maximum atomic E-state index is 5.26. The Morgan fingerprint density at radius 1 is 1.88 bits per heavy atom. The molecule has 0 fully saturated rings. The van der Waals surface area contributed by atoms with Crippen molar-refractivity contribution in [3.05, 3.63) is 12.4 Å². The van der Waals surface area contributed by atoms with E-state index >= 15 is 0 Å². The van der Waals surface area contributed by atoms with Crippen LogP contribution in [-0.4, -0.2) is 16.7 Å². The standard InChI is InChI=1S/C4H9N4/c1-2-7-3-4-8(5)6-7/h4,6H,2,5H2,1H3/q+1. The summed E-state index contributed by atoms with van der Waals surface area (Å²) in [5.41, 5.74) is 2.78. The first kappa shape index (κ1) is 5.31. The zero-order chi connectivity index (χ0) is 5.98. The maximum Gasteiger partial charge on any atom is 0.411 e. The lowest BCUT2D eigenvalue weighted by atomic mass is 10.7. The van der Waals surface area contributed by atoms with Crippen LogP contribution in [0.25, 0.3) is 0 Å². The molecule has 4 heteroatoms. The summed E-state index contributed by atoms with van der Waals surface area (Å²) < 4.78 is 0. The number of nitrogens with one attached hydrogen (secondary N) is 1. The fourth-order valence-electron chi connectivity index (χ4n) is 0.491. The second kappa shape index (κ2) is 1.96. The highest BCUT2D eigenvalue weighted by atomic mass is 15.8. The molecule has 0 aliphatic carbocycles. The van der Waals surface area contributed by atoms with Crippen LogP contribution in [0.3, 0.4) is 0 Å². The minimum atomic E-state index is 0.865. The average molecular weight is 113 g/mol. The molecule has 0 saturated heterocycles. The number of nitrogens with two attached hydrogens (primary N) is 1. The molecule has 0 amide bonds. The molecule has 0 aromatic heterocycles. The van der Waals surface area contributed by atoms with Crippen LogP contribution in [0.1, 0.15) is 6.92 Å². The Bertz CT molecular complexity index is 100.